The molecule has 0 aliphatic heterocycles. The second kappa shape index (κ2) is 10.8. The Kier molecular flexibility index (Phi) is 7.86. The van der Waals surface area contributed by atoms with Crippen LogP contribution in [-0.4, -0.2) is 31.3 Å². The van der Waals surface area contributed by atoms with Crippen molar-refractivity contribution >= 4 is 45.6 Å². The SMILES string of the molecule is CCOC(=O)c1ccc(-c2ccc(/C=N/NC(=O)COc3ccc(Cl)cc3Br)o2)cc1. The molecule has 9 heteroatoms. The van der Waals surface area contributed by atoms with Gasteiger partial charge in [-0.2, -0.15) is 5.10 Å². The molecule has 1 N–H and O–H groups in total. The molecule has 1 heterocycles. The van der Waals surface area contributed by atoms with E-state index in [2.05, 4.69) is 26.5 Å². The molecule has 31 heavy (non-hydrogen) atoms. The number of hydrogen-bond donors (Lipinski definition) is 1. The minimum atomic E-state index is -0.431. The Hall–Kier alpha value is -3.10. The average molecular weight is 506 g/mol. The van der Waals surface area contributed by atoms with E-state index in [1.54, 1.807) is 61.5 Å². The lowest BCUT2D eigenvalue weighted by Crippen LogP contribution is -2.24. The van der Waals surface area contributed by atoms with Gasteiger partial charge < -0.3 is 13.9 Å². The van der Waals surface area contributed by atoms with Crippen LogP contribution in [0.25, 0.3) is 11.3 Å². The lowest BCUT2D eigenvalue weighted by molar-refractivity contribution is -0.123. The molecule has 7 nitrogen and oxygen atoms in total. The summed E-state index contributed by atoms with van der Waals surface area (Å²) >= 11 is 9.18. The van der Waals surface area contributed by atoms with E-state index >= 15 is 0 Å². The number of halogens is 2. The van der Waals surface area contributed by atoms with Gasteiger partial charge in [0, 0.05) is 10.6 Å². The van der Waals surface area contributed by atoms with Crippen LogP contribution in [0.2, 0.25) is 5.02 Å². The van der Waals surface area contributed by atoms with Crippen LogP contribution in [0, 0.1) is 0 Å². The smallest absolute Gasteiger partial charge is 0.338 e. The highest BCUT2D eigenvalue weighted by atomic mass is 79.9. The van der Waals surface area contributed by atoms with E-state index < -0.39 is 5.91 Å². The van der Waals surface area contributed by atoms with Crippen molar-refractivity contribution in [3.05, 3.63) is 75.4 Å². The molecule has 160 valence electrons. The molecule has 0 atom stereocenters. The first-order valence-electron chi connectivity index (χ1n) is 9.23. The highest BCUT2D eigenvalue weighted by Gasteiger charge is 2.09. The Morgan fingerprint density at radius 1 is 1.16 bits per heavy atom. The second-order valence-electron chi connectivity index (χ2n) is 6.16. The van der Waals surface area contributed by atoms with Crippen LogP contribution in [0.3, 0.4) is 0 Å². The fourth-order valence-corrected chi connectivity index (χ4v) is 3.30. The molecule has 3 rings (SSSR count). The number of amides is 1. The third kappa shape index (κ3) is 6.44. The Morgan fingerprint density at radius 3 is 2.65 bits per heavy atom. The number of carbonyl (C=O) groups excluding carboxylic acids is 2. The minimum absolute atomic E-state index is 0.214. The Balaban J connectivity index is 1.52. The van der Waals surface area contributed by atoms with Crippen molar-refractivity contribution in [3.63, 3.8) is 0 Å². The van der Waals surface area contributed by atoms with Crippen molar-refractivity contribution in [2.45, 2.75) is 6.92 Å². The summed E-state index contributed by atoms with van der Waals surface area (Å²) in [5.74, 6) is 0.738. The van der Waals surface area contributed by atoms with Crippen molar-refractivity contribution in [2.75, 3.05) is 13.2 Å². The summed E-state index contributed by atoms with van der Waals surface area (Å²) < 4.78 is 16.7. The van der Waals surface area contributed by atoms with Crippen molar-refractivity contribution in [1.82, 2.24) is 5.43 Å². The molecule has 0 saturated heterocycles. The fraction of sp³-hybridized carbons (Fsp3) is 0.136. The van der Waals surface area contributed by atoms with Gasteiger partial charge in [0.15, 0.2) is 6.61 Å². The summed E-state index contributed by atoms with van der Waals surface area (Å²) in [5.41, 5.74) is 3.62. The van der Waals surface area contributed by atoms with Gasteiger partial charge in [0.25, 0.3) is 5.91 Å². The zero-order valence-electron chi connectivity index (χ0n) is 16.4. The highest BCUT2D eigenvalue weighted by Crippen LogP contribution is 2.27. The van der Waals surface area contributed by atoms with Crippen LogP contribution in [0.1, 0.15) is 23.0 Å². The summed E-state index contributed by atoms with van der Waals surface area (Å²) in [4.78, 5) is 23.6. The molecule has 2 aromatic carbocycles. The van der Waals surface area contributed by atoms with Gasteiger partial charge in [-0.3, -0.25) is 4.79 Å². The molecule has 3 aromatic rings. The number of furan rings is 1. The van der Waals surface area contributed by atoms with Crippen LogP contribution in [-0.2, 0) is 9.53 Å². The van der Waals surface area contributed by atoms with Crippen molar-refractivity contribution in [2.24, 2.45) is 5.10 Å². The number of carbonyl (C=O) groups is 2. The number of hydrazone groups is 1. The summed E-state index contributed by atoms with van der Waals surface area (Å²) in [7, 11) is 0. The van der Waals surface area contributed by atoms with Crippen LogP contribution >= 0.6 is 27.5 Å². The molecule has 1 amide bonds. The average Bonchev–Trinajstić information content (AvgIpc) is 3.22. The lowest BCUT2D eigenvalue weighted by atomic mass is 10.1. The maximum atomic E-state index is 11.9. The highest BCUT2D eigenvalue weighted by molar-refractivity contribution is 9.10. The van der Waals surface area contributed by atoms with E-state index in [-0.39, 0.29) is 12.6 Å². The molecule has 0 aliphatic rings. The molecule has 0 bridgehead atoms. The molecule has 0 saturated carbocycles. The number of nitrogens with zero attached hydrogens (tertiary/aromatic N) is 1. The number of nitrogens with one attached hydrogen (secondary N) is 1. The quantitative estimate of drug-likeness (QED) is 0.262. The van der Waals surface area contributed by atoms with Gasteiger partial charge in [0.2, 0.25) is 0 Å². The second-order valence-corrected chi connectivity index (χ2v) is 7.45. The number of hydrogen-bond acceptors (Lipinski definition) is 6. The maximum Gasteiger partial charge on any atom is 0.338 e. The third-order valence-electron chi connectivity index (χ3n) is 3.94. The van der Waals surface area contributed by atoms with E-state index in [1.165, 1.54) is 6.21 Å². The standard InChI is InChI=1S/C22H18BrClN2O5/c1-2-29-22(28)15-5-3-14(4-6-15)19-10-8-17(31-19)12-25-26-21(27)13-30-20-9-7-16(24)11-18(20)23/h3-12H,2,13H2,1H3,(H,26,27)/b25-12+. The Morgan fingerprint density at radius 2 is 1.94 bits per heavy atom. The van der Waals surface area contributed by atoms with Gasteiger partial charge in [-0.15, -0.1) is 0 Å². The van der Waals surface area contributed by atoms with Crippen LogP contribution in [0.5, 0.6) is 5.75 Å². The predicted octanol–water partition coefficient (Wildman–Crippen LogP) is 5.07. The number of esters is 1. The fourth-order valence-electron chi connectivity index (χ4n) is 2.50. The third-order valence-corrected chi connectivity index (χ3v) is 4.80. The van der Waals surface area contributed by atoms with Crippen molar-refractivity contribution in [1.29, 1.82) is 0 Å². The zero-order chi connectivity index (χ0) is 22.2. The van der Waals surface area contributed by atoms with Gasteiger partial charge in [0.05, 0.1) is 22.9 Å². The largest absolute Gasteiger partial charge is 0.483 e. The van der Waals surface area contributed by atoms with Gasteiger partial charge in [-0.05, 0) is 65.3 Å². The zero-order valence-corrected chi connectivity index (χ0v) is 18.8. The molecule has 0 fully saturated rings. The van der Waals surface area contributed by atoms with Crippen LogP contribution < -0.4 is 10.2 Å². The van der Waals surface area contributed by atoms with Gasteiger partial charge >= 0.3 is 5.97 Å². The minimum Gasteiger partial charge on any atom is -0.483 e. The first kappa shape index (κ1) is 22.6. The Labute approximate surface area is 192 Å². The molecule has 0 unspecified atom stereocenters. The van der Waals surface area contributed by atoms with E-state index in [0.717, 1.165) is 5.56 Å². The monoisotopic (exact) mass is 504 g/mol. The molecule has 1 aromatic heterocycles. The summed E-state index contributed by atoms with van der Waals surface area (Å²) in [6, 6.07) is 15.3. The molecule has 0 aliphatic carbocycles. The number of rotatable bonds is 8. The van der Waals surface area contributed by atoms with E-state index in [9.17, 15) is 9.59 Å². The molecule has 0 spiro atoms. The van der Waals surface area contributed by atoms with E-state index in [1.807, 2.05) is 0 Å². The van der Waals surface area contributed by atoms with Gasteiger partial charge in [0.1, 0.15) is 17.3 Å². The first-order valence-corrected chi connectivity index (χ1v) is 10.4. The number of ether oxygens (including phenoxy) is 2. The van der Waals surface area contributed by atoms with Gasteiger partial charge in [-0.1, -0.05) is 23.7 Å². The van der Waals surface area contributed by atoms with Crippen LogP contribution in [0.4, 0.5) is 0 Å². The van der Waals surface area contributed by atoms with Crippen molar-refractivity contribution < 1.29 is 23.5 Å². The molecular formula is C22H18BrClN2O5. The summed E-state index contributed by atoms with van der Waals surface area (Å²) in [6.45, 7) is 1.86. The number of benzene rings is 2. The molecular weight excluding hydrogens is 488 g/mol. The van der Waals surface area contributed by atoms with Crippen molar-refractivity contribution in [3.8, 4) is 17.1 Å². The van der Waals surface area contributed by atoms with E-state index in [0.29, 0.717) is 38.9 Å². The summed E-state index contributed by atoms with van der Waals surface area (Å²) in [6.07, 6.45) is 1.38. The predicted molar refractivity (Wildman–Crippen MR) is 120 cm³/mol. The van der Waals surface area contributed by atoms with Gasteiger partial charge in [-0.25, -0.2) is 10.2 Å². The maximum absolute atomic E-state index is 11.9. The molecule has 0 radical (unpaired) electrons. The summed E-state index contributed by atoms with van der Waals surface area (Å²) in [5, 5.41) is 4.42. The lowest BCUT2D eigenvalue weighted by Gasteiger charge is -2.07. The first-order chi connectivity index (χ1) is 15.0. The Bertz CT molecular complexity index is 1100. The topological polar surface area (TPSA) is 90.1 Å². The normalized spacial score (nSPS) is 10.8. The van der Waals surface area contributed by atoms with E-state index in [4.69, 9.17) is 25.5 Å². The van der Waals surface area contributed by atoms with Crippen LogP contribution in [0.15, 0.2) is 68.6 Å².